The lowest BCUT2D eigenvalue weighted by molar-refractivity contribution is 0.190. The average Bonchev–Trinajstić information content (AvgIpc) is 2.32. The monoisotopic (exact) mass is 272 g/mol. The summed E-state index contributed by atoms with van der Waals surface area (Å²) in [6, 6.07) is 5.12. The Morgan fingerprint density at radius 1 is 1.39 bits per heavy atom. The molecule has 0 heterocycles. The number of sulfonamides is 1. The molecule has 0 radical (unpaired) electrons. The molecule has 0 aromatic heterocycles. The zero-order chi connectivity index (χ0) is 13.8. The minimum Gasteiger partial charge on any atom is -0.383 e. The first-order valence-corrected chi connectivity index (χ1v) is 7.18. The van der Waals surface area contributed by atoms with Crippen molar-refractivity contribution in [2.24, 2.45) is 0 Å². The van der Waals surface area contributed by atoms with Crippen LogP contribution >= 0.6 is 0 Å². The molecule has 0 amide bonds. The van der Waals surface area contributed by atoms with E-state index in [1.165, 1.54) is 7.05 Å². The van der Waals surface area contributed by atoms with Gasteiger partial charge in [0, 0.05) is 18.8 Å². The molecule has 0 saturated heterocycles. The van der Waals surface area contributed by atoms with Crippen molar-refractivity contribution in [2.45, 2.75) is 24.8 Å². The molecule has 1 aromatic rings. The van der Waals surface area contributed by atoms with E-state index in [-0.39, 0.29) is 10.9 Å². The Labute approximate surface area is 109 Å². The molecule has 2 N–H and O–H groups in total. The summed E-state index contributed by atoms with van der Waals surface area (Å²) in [6.07, 6.45) is 0. The Balaban J connectivity index is 3.02. The summed E-state index contributed by atoms with van der Waals surface area (Å²) in [7, 11) is -0.376. The van der Waals surface area contributed by atoms with Crippen molar-refractivity contribution in [3.63, 3.8) is 0 Å². The first-order chi connectivity index (χ1) is 8.40. The first-order valence-electron chi connectivity index (χ1n) is 5.70. The van der Waals surface area contributed by atoms with Gasteiger partial charge in [-0.25, -0.2) is 13.1 Å². The van der Waals surface area contributed by atoms with E-state index < -0.39 is 10.0 Å². The molecule has 0 aliphatic heterocycles. The fraction of sp³-hybridized carbons (Fsp3) is 0.500. The van der Waals surface area contributed by atoms with Crippen LogP contribution in [0.5, 0.6) is 0 Å². The highest BCUT2D eigenvalue weighted by atomic mass is 32.2. The lowest BCUT2D eigenvalue weighted by Gasteiger charge is -2.17. The van der Waals surface area contributed by atoms with Crippen LogP contribution < -0.4 is 10.0 Å². The van der Waals surface area contributed by atoms with Crippen LogP contribution in [0.3, 0.4) is 0 Å². The number of hydrogen-bond acceptors (Lipinski definition) is 4. The summed E-state index contributed by atoms with van der Waals surface area (Å²) < 4.78 is 30.8. The second-order valence-electron chi connectivity index (χ2n) is 4.19. The second-order valence-corrected chi connectivity index (χ2v) is 6.07. The van der Waals surface area contributed by atoms with Crippen LogP contribution in [0.1, 0.15) is 12.5 Å². The normalized spacial score (nSPS) is 13.3. The molecular weight excluding hydrogens is 252 g/mol. The van der Waals surface area contributed by atoms with Gasteiger partial charge in [-0.05, 0) is 38.6 Å². The van der Waals surface area contributed by atoms with Gasteiger partial charge in [0.1, 0.15) is 0 Å². The van der Waals surface area contributed by atoms with Gasteiger partial charge in [-0.15, -0.1) is 0 Å². The molecule has 1 rings (SSSR count). The van der Waals surface area contributed by atoms with Crippen molar-refractivity contribution in [3.8, 4) is 0 Å². The molecule has 6 heteroatoms. The van der Waals surface area contributed by atoms with Crippen LogP contribution in [0.2, 0.25) is 0 Å². The number of aryl methyl sites for hydroxylation is 1. The first kappa shape index (κ1) is 14.9. The predicted molar refractivity (Wildman–Crippen MR) is 72.4 cm³/mol. The van der Waals surface area contributed by atoms with E-state index in [0.29, 0.717) is 6.61 Å². The Hall–Kier alpha value is -1.11. The fourth-order valence-corrected chi connectivity index (χ4v) is 2.35. The third-order valence-electron chi connectivity index (χ3n) is 2.61. The van der Waals surface area contributed by atoms with E-state index in [9.17, 15) is 8.42 Å². The van der Waals surface area contributed by atoms with Crippen LogP contribution in [0, 0.1) is 6.92 Å². The molecule has 1 atom stereocenters. The predicted octanol–water partition coefficient (Wildman–Crippen LogP) is 1.35. The third-order valence-corrected chi connectivity index (χ3v) is 4.02. The van der Waals surface area contributed by atoms with Crippen LogP contribution in [0.25, 0.3) is 0 Å². The highest BCUT2D eigenvalue weighted by Crippen LogP contribution is 2.20. The summed E-state index contributed by atoms with van der Waals surface area (Å²) >= 11 is 0. The van der Waals surface area contributed by atoms with Crippen molar-refractivity contribution in [1.82, 2.24) is 4.72 Å². The molecule has 0 saturated carbocycles. The van der Waals surface area contributed by atoms with E-state index in [4.69, 9.17) is 4.74 Å². The van der Waals surface area contributed by atoms with Gasteiger partial charge >= 0.3 is 0 Å². The van der Waals surface area contributed by atoms with Crippen LogP contribution in [0.4, 0.5) is 5.69 Å². The van der Waals surface area contributed by atoms with Crippen LogP contribution in [-0.4, -0.2) is 35.2 Å². The molecule has 1 aromatic carbocycles. The Kier molecular flexibility index (Phi) is 5.13. The van der Waals surface area contributed by atoms with Gasteiger partial charge in [-0.1, -0.05) is 6.07 Å². The maximum absolute atomic E-state index is 11.7. The maximum Gasteiger partial charge on any atom is 0.240 e. The van der Waals surface area contributed by atoms with E-state index in [2.05, 4.69) is 10.0 Å². The Morgan fingerprint density at radius 3 is 2.61 bits per heavy atom. The summed E-state index contributed by atoms with van der Waals surface area (Å²) in [5, 5.41) is 3.23. The van der Waals surface area contributed by atoms with Crippen molar-refractivity contribution in [3.05, 3.63) is 23.8 Å². The molecule has 0 fully saturated rings. The van der Waals surface area contributed by atoms with Crippen molar-refractivity contribution >= 4 is 15.7 Å². The molecule has 0 aliphatic carbocycles. The molecule has 0 aliphatic rings. The Bertz CT molecular complexity index is 500. The SMILES string of the molecule is CNS(=O)(=O)c1ccc(C)c(NC(C)COC)c1. The molecule has 18 heavy (non-hydrogen) atoms. The number of ether oxygens (including phenoxy) is 1. The topological polar surface area (TPSA) is 67.4 Å². The smallest absolute Gasteiger partial charge is 0.240 e. The maximum atomic E-state index is 11.7. The standard InChI is InChI=1S/C12H20N2O3S/c1-9-5-6-11(18(15,16)13-3)7-12(9)14-10(2)8-17-4/h5-7,10,13-14H,8H2,1-4H3. The number of rotatable bonds is 6. The molecule has 0 spiro atoms. The number of anilines is 1. The molecule has 102 valence electrons. The zero-order valence-corrected chi connectivity index (χ0v) is 12.0. The van der Waals surface area contributed by atoms with Crippen molar-refractivity contribution in [1.29, 1.82) is 0 Å². The average molecular weight is 272 g/mol. The Morgan fingerprint density at radius 2 is 2.06 bits per heavy atom. The highest BCUT2D eigenvalue weighted by Gasteiger charge is 2.13. The van der Waals surface area contributed by atoms with Crippen molar-refractivity contribution < 1.29 is 13.2 Å². The second kappa shape index (κ2) is 6.17. The third kappa shape index (κ3) is 3.69. The number of benzene rings is 1. The summed E-state index contributed by atoms with van der Waals surface area (Å²) in [5.74, 6) is 0. The fourth-order valence-electron chi connectivity index (χ4n) is 1.60. The van der Waals surface area contributed by atoms with Gasteiger partial charge < -0.3 is 10.1 Å². The van der Waals surface area contributed by atoms with E-state index >= 15 is 0 Å². The summed E-state index contributed by atoms with van der Waals surface area (Å²) in [5.41, 5.74) is 1.80. The number of hydrogen-bond donors (Lipinski definition) is 2. The molecule has 1 unspecified atom stereocenters. The lowest BCUT2D eigenvalue weighted by atomic mass is 10.2. The van der Waals surface area contributed by atoms with Crippen LogP contribution in [0.15, 0.2) is 23.1 Å². The molecule has 0 bridgehead atoms. The van der Waals surface area contributed by atoms with E-state index in [1.807, 2.05) is 13.8 Å². The number of methoxy groups -OCH3 is 1. The van der Waals surface area contributed by atoms with Gasteiger partial charge in [0.15, 0.2) is 0 Å². The van der Waals surface area contributed by atoms with Gasteiger partial charge in [0.2, 0.25) is 10.0 Å². The van der Waals surface area contributed by atoms with Crippen LogP contribution in [-0.2, 0) is 14.8 Å². The largest absolute Gasteiger partial charge is 0.383 e. The number of nitrogens with one attached hydrogen (secondary N) is 2. The van der Waals surface area contributed by atoms with E-state index in [0.717, 1.165) is 11.3 Å². The minimum absolute atomic E-state index is 0.112. The molecule has 5 nitrogen and oxygen atoms in total. The molecular formula is C12H20N2O3S. The van der Waals surface area contributed by atoms with Gasteiger partial charge in [-0.3, -0.25) is 0 Å². The van der Waals surface area contributed by atoms with Crippen molar-refractivity contribution in [2.75, 3.05) is 26.1 Å². The quantitative estimate of drug-likeness (QED) is 0.820. The summed E-state index contributed by atoms with van der Waals surface area (Å²) in [4.78, 5) is 0.253. The van der Waals surface area contributed by atoms with Gasteiger partial charge in [0.25, 0.3) is 0 Å². The minimum atomic E-state index is -3.41. The van der Waals surface area contributed by atoms with Gasteiger partial charge in [-0.2, -0.15) is 0 Å². The zero-order valence-electron chi connectivity index (χ0n) is 11.1. The lowest BCUT2D eigenvalue weighted by Crippen LogP contribution is -2.22. The van der Waals surface area contributed by atoms with E-state index in [1.54, 1.807) is 25.3 Å². The highest BCUT2D eigenvalue weighted by molar-refractivity contribution is 7.89. The summed E-state index contributed by atoms with van der Waals surface area (Å²) in [6.45, 7) is 4.46. The van der Waals surface area contributed by atoms with Gasteiger partial charge in [0.05, 0.1) is 11.5 Å².